The van der Waals surface area contributed by atoms with E-state index in [-0.39, 0.29) is 0 Å². The van der Waals surface area contributed by atoms with Crippen LogP contribution in [0.15, 0.2) is 34.8 Å². The van der Waals surface area contributed by atoms with Crippen LogP contribution in [0.4, 0.5) is 11.4 Å². The van der Waals surface area contributed by atoms with Crippen LogP contribution in [0.5, 0.6) is 5.75 Å². The minimum Gasteiger partial charge on any atom is -0.493 e. The Morgan fingerprint density at radius 2 is 2.19 bits per heavy atom. The predicted molar refractivity (Wildman–Crippen MR) is 86.2 cm³/mol. The van der Waals surface area contributed by atoms with E-state index in [4.69, 9.17) is 15.7 Å². The molecule has 0 aliphatic carbocycles. The number of nitrogens with one attached hydrogen (secondary N) is 1. The molecule has 0 unspecified atom stereocenters. The Bertz CT molecular complexity index is 737. The summed E-state index contributed by atoms with van der Waals surface area (Å²) in [5, 5.41) is 12.2. The van der Waals surface area contributed by atoms with Crippen molar-refractivity contribution >= 4 is 27.3 Å². The molecule has 0 amide bonds. The number of ether oxygens (including phenoxy) is 1. The summed E-state index contributed by atoms with van der Waals surface area (Å²) in [4.78, 5) is 0. The van der Waals surface area contributed by atoms with E-state index in [1.54, 1.807) is 12.1 Å². The van der Waals surface area contributed by atoms with Crippen molar-refractivity contribution in [2.75, 3.05) is 17.7 Å². The van der Waals surface area contributed by atoms with Gasteiger partial charge in [0.1, 0.15) is 11.8 Å². The van der Waals surface area contributed by atoms with Crippen LogP contribution in [0.25, 0.3) is 0 Å². The monoisotopic (exact) mass is 343 g/mol. The zero-order chi connectivity index (χ0) is 14.8. The van der Waals surface area contributed by atoms with Gasteiger partial charge in [0.2, 0.25) is 0 Å². The third-order valence-electron chi connectivity index (χ3n) is 3.48. The molecule has 0 fully saturated rings. The van der Waals surface area contributed by atoms with Crippen LogP contribution < -0.4 is 15.8 Å². The number of nitrogens with two attached hydrogens (primary N) is 1. The lowest BCUT2D eigenvalue weighted by atomic mass is 10.1. The van der Waals surface area contributed by atoms with Crippen molar-refractivity contribution < 1.29 is 4.74 Å². The Balaban J connectivity index is 1.80. The smallest absolute Gasteiger partial charge is 0.127 e. The number of hydrogen-bond donors (Lipinski definition) is 2. The van der Waals surface area contributed by atoms with E-state index in [0.29, 0.717) is 17.8 Å². The Labute approximate surface area is 131 Å². The summed E-state index contributed by atoms with van der Waals surface area (Å²) in [6.45, 7) is 1.38. The van der Waals surface area contributed by atoms with Crippen LogP contribution in [-0.2, 0) is 13.0 Å². The van der Waals surface area contributed by atoms with Gasteiger partial charge in [0.15, 0.2) is 0 Å². The zero-order valence-corrected chi connectivity index (χ0v) is 12.9. The lowest BCUT2D eigenvalue weighted by Crippen LogP contribution is -2.02. The van der Waals surface area contributed by atoms with Gasteiger partial charge in [0.05, 0.1) is 17.9 Å². The average molecular weight is 344 g/mol. The highest BCUT2D eigenvalue weighted by molar-refractivity contribution is 9.10. The SMILES string of the molecule is N#Cc1ccc(NCc2cc(Br)cc3c2OCC3)cc1N. The van der Waals surface area contributed by atoms with Gasteiger partial charge in [0.25, 0.3) is 0 Å². The topological polar surface area (TPSA) is 71.1 Å². The van der Waals surface area contributed by atoms with E-state index < -0.39 is 0 Å². The van der Waals surface area contributed by atoms with Crippen molar-refractivity contribution in [2.24, 2.45) is 0 Å². The minimum absolute atomic E-state index is 0.484. The van der Waals surface area contributed by atoms with Gasteiger partial charge in [-0.2, -0.15) is 5.26 Å². The minimum atomic E-state index is 0.484. The Kier molecular flexibility index (Phi) is 3.72. The number of benzene rings is 2. The first kappa shape index (κ1) is 13.8. The average Bonchev–Trinajstić information content (AvgIpc) is 2.93. The molecule has 1 heterocycles. The van der Waals surface area contributed by atoms with Crippen molar-refractivity contribution in [3.05, 3.63) is 51.5 Å². The first-order valence-electron chi connectivity index (χ1n) is 6.65. The lowest BCUT2D eigenvalue weighted by molar-refractivity contribution is 0.354. The van der Waals surface area contributed by atoms with Crippen molar-refractivity contribution in [1.29, 1.82) is 5.26 Å². The van der Waals surface area contributed by atoms with E-state index in [1.165, 1.54) is 5.56 Å². The van der Waals surface area contributed by atoms with Gasteiger partial charge in [0, 0.05) is 28.7 Å². The van der Waals surface area contributed by atoms with Gasteiger partial charge in [-0.3, -0.25) is 0 Å². The fourth-order valence-corrected chi connectivity index (χ4v) is 3.00. The molecule has 0 bridgehead atoms. The zero-order valence-electron chi connectivity index (χ0n) is 11.3. The fourth-order valence-electron chi connectivity index (χ4n) is 2.45. The van der Waals surface area contributed by atoms with Crippen molar-refractivity contribution in [3.8, 4) is 11.8 Å². The van der Waals surface area contributed by atoms with E-state index >= 15 is 0 Å². The molecular formula is C16H14BrN3O. The maximum Gasteiger partial charge on any atom is 0.127 e. The first-order valence-corrected chi connectivity index (χ1v) is 7.44. The van der Waals surface area contributed by atoms with Crippen molar-refractivity contribution in [3.63, 3.8) is 0 Å². The van der Waals surface area contributed by atoms with E-state index in [2.05, 4.69) is 39.4 Å². The Morgan fingerprint density at radius 1 is 1.33 bits per heavy atom. The van der Waals surface area contributed by atoms with Crippen LogP contribution in [0.3, 0.4) is 0 Å². The molecule has 0 spiro atoms. The number of nitrogens with zero attached hydrogens (tertiary/aromatic N) is 1. The van der Waals surface area contributed by atoms with Gasteiger partial charge in [-0.1, -0.05) is 15.9 Å². The highest BCUT2D eigenvalue weighted by Crippen LogP contribution is 2.33. The molecular weight excluding hydrogens is 330 g/mol. The molecule has 1 aliphatic heterocycles. The molecule has 0 saturated carbocycles. The Hall–Kier alpha value is -2.19. The number of rotatable bonds is 3. The normalized spacial score (nSPS) is 12.4. The summed E-state index contributed by atoms with van der Waals surface area (Å²) in [6, 6.07) is 11.6. The second kappa shape index (κ2) is 5.66. The molecule has 0 saturated heterocycles. The van der Waals surface area contributed by atoms with E-state index in [9.17, 15) is 0 Å². The summed E-state index contributed by atoms with van der Waals surface area (Å²) in [5.41, 5.74) is 10.0. The molecule has 5 heteroatoms. The summed E-state index contributed by atoms with van der Waals surface area (Å²) in [5.74, 6) is 0.979. The van der Waals surface area contributed by atoms with Crippen molar-refractivity contribution in [1.82, 2.24) is 0 Å². The van der Waals surface area contributed by atoms with Crippen LogP contribution in [0.2, 0.25) is 0 Å². The molecule has 2 aromatic carbocycles. The van der Waals surface area contributed by atoms with Gasteiger partial charge in [-0.05, 0) is 35.9 Å². The van der Waals surface area contributed by atoms with Gasteiger partial charge in [-0.25, -0.2) is 0 Å². The molecule has 4 nitrogen and oxygen atoms in total. The van der Waals surface area contributed by atoms with Gasteiger partial charge in [-0.15, -0.1) is 0 Å². The summed E-state index contributed by atoms with van der Waals surface area (Å²) >= 11 is 3.53. The number of anilines is 2. The van der Waals surface area contributed by atoms with Crippen LogP contribution in [0.1, 0.15) is 16.7 Å². The molecule has 2 aromatic rings. The van der Waals surface area contributed by atoms with E-state index in [1.807, 2.05) is 6.07 Å². The fraction of sp³-hybridized carbons (Fsp3) is 0.188. The van der Waals surface area contributed by atoms with E-state index in [0.717, 1.165) is 34.5 Å². The lowest BCUT2D eigenvalue weighted by Gasteiger charge is -2.12. The highest BCUT2D eigenvalue weighted by atomic mass is 79.9. The maximum atomic E-state index is 8.88. The number of hydrogen-bond acceptors (Lipinski definition) is 4. The van der Waals surface area contributed by atoms with Gasteiger partial charge >= 0.3 is 0 Å². The van der Waals surface area contributed by atoms with Crippen LogP contribution in [-0.4, -0.2) is 6.61 Å². The molecule has 0 aromatic heterocycles. The molecule has 106 valence electrons. The van der Waals surface area contributed by atoms with Crippen LogP contribution in [0, 0.1) is 11.3 Å². The summed E-state index contributed by atoms with van der Waals surface area (Å²) < 4.78 is 6.76. The molecule has 3 N–H and O–H groups in total. The third-order valence-corrected chi connectivity index (χ3v) is 3.94. The second-order valence-electron chi connectivity index (χ2n) is 4.92. The molecule has 0 radical (unpaired) electrons. The van der Waals surface area contributed by atoms with Crippen LogP contribution >= 0.6 is 15.9 Å². The molecule has 21 heavy (non-hydrogen) atoms. The molecule has 0 atom stereocenters. The van der Waals surface area contributed by atoms with Gasteiger partial charge < -0.3 is 15.8 Å². The predicted octanol–water partition coefficient (Wildman–Crippen LogP) is 3.45. The van der Waals surface area contributed by atoms with Crippen molar-refractivity contribution in [2.45, 2.75) is 13.0 Å². The maximum absolute atomic E-state index is 8.88. The summed E-state index contributed by atoms with van der Waals surface area (Å²) in [6.07, 6.45) is 0.950. The third kappa shape index (κ3) is 2.81. The molecule has 3 rings (SSSR count). The second-order valence-corrected chi connectivity index (χ2v) is 5.83. The summed E-state index contributed by atoms with van der Waals surface area (Å²) in [7, 11) is 0. The number of nitrogen functional groups attached to an aromatic ring is 1. The quantitative estimate of drug-likeness (QED) is 0.837. The number of fused-ring (bicyclic) bond motifs is 1. The highest BCUT2D eigenvalue weighted by Gasteiger charge is 2.17. The standard InChI is InChI=1S/C16H14BrN3O/c17-13-5-10-3-4-21-16(10)12(6-13)9-20-14-2-1-11(8-18)15(19)7-14/h1-2,5-7,20H,3-4,9,19H2. The number of nitriles is 1. The largest absolute Gasteiger partial charge is 0.493 e. The number of halogens is 1. The Morgan fingerprint density at radius 3 is 2.95 bits per heavy atom. The first-order chi connectivity index (χ1) is 10.2. The molecule has 1 aliphatic rings.